The van der Waals surface area contributed by atoms with Crippen molar-refractivity contribution in [2.24, 2.45) is 0 Å². The van der Waals surface area contributed by atoms with Crippen LogP contribution in [-0.2, 0) is 14.8 Å². The van der Waals surface area contributed by atoms with E-state index in [0.717, 1.165) is 10.6 Å². The van der Waals surface area contributed by atoms with E-state index < -0.39 is 27.7 Å². The molecule has 0 aliphatic rings. The van der Waals surface area contributed by atoms with Crippen LogP contribution in [0.25, 0.3) is 33.6 Å². The molecule has 12 heteroatoms. The first kappa shape index (κ1) is 26.6. The predicted molar refractivity (Wildman–Crippen MR) is 139 cm³/mol. The number of furan rings is 1. The fraction of sp³-hybridized carbons (Fsp3) is 0.192. The minimum Gasteiger partial charge on any atom is -0.494 e. The molecule has 2 aromatic carbocycles. The number of anilines is 1. The Morgan fingerprint density at radius 3 is 2.34 bits per heavy atom. The van der Waals surface area contributed by atoms with Crippen LogP contribution in [0.3, 0.4) is 0 Å². The van der Waals surface area contributed by atoms with Crippen molar-refractivity contribution in [2.45, 2.75) is 0 Å². The summed E-state index contributed by atoms with van der Waals surface area (Å²) in [5.41, 5.74) is 1.37. The van der Waals surface area contributed by atoms with Crippen LogP contribution < -0.4 is 14.4 Å². The molecule has 0 spiro atoms. The van der Waals surface area contributed by atoms with E-state index >= 15 is 0 Å². The molecule has 0 radical (unpaired) electrons. The first-order valence-electron chi connectivity index (χ1n) is 11.2. The number of hydrogen-bond acceptors (Lipinski definition) is 8. The Morgan fingerprint density at radius 1 is 1.08 bits per heavy atom. The zero-order valence-corrected chi connectivity index (χ0v) is 22.0. The van der Waals surface area contributed by atoms with Gasteiger partial charge in [-0.1, -0.05) is 0 Å². The number of methoxy groups -OCH3 is 2. The number of rotatable bonds is 7. The van der Waals surface area contributed by atoms with E-state index in [2.05, 4.69) is 10.3 Å². The Morgan fingerprint density at radius 2 is 1.76 bits per heavy atom. The minimum atomic E-state index is -3.75. The molecule has 0 unspecified atom stereocenters. The van der Waals surface area contributed by atoms with E-state index in [1.807, 2.05) is 0 Å². The number of carbonyl (C=O) groups is 2. The molecular weight excluding hydrogens is 517 g/mol. The highest BCUT2D eigenvalue weighted by atomic mass is 32.2. The summed E-state index contributed by atoms with van der Waals surface area (Å²) in [5, 5.41) is 2.92. The SMILES string of the molecule is CNC(=O)c1c(-c2ccc(F)cc2)oc2cc(N(C)S(C)(=O)=O)c(-c3ccc(OC)c(C(=O)OC)n3)cc12. The smallest absolute Gasteiger partial charge is 0.360 e. The van der Waals surface area contributed by atoms with Gasteiger partial charge in [-0.05, 0) is 42.5 Å². The summed E-state index contributed by atoms with van der Waals surface area (Å²) < 4.78 is 55.8. The lowest BCUT2D eigenvalue weighted by molar-refractivity contribution is 0.0590. The topological polar surface area (TPSA) is 128 Å². The van der Waals surface area contributed by atoms with Crippen molar-refractivity contribution in [1.82, 2.24) is 10.3 Å². The second kappa shape index (κ2) is 10.1. The molecular formula is C26H24FN3O7S. The number of amides is 1. The van der Waals surface area contributed by atoms with Crippen molar-refractivity contribution in [1.29, 1.82) is 0 Å². The number of nitrogens with zero attached hydrogens (tertiary/aromatic N) is 2. The number of nitrogens with one attached hydrogen (secondary N) is 1. The van der Waals surface area contributed by atoms with Gasteiger partial charge in [0, 0.05) is 36.7 Å². The van der Waals surface area contributed by atoms with Gasteiger partial charge < -0.3 is 19.2 Å². The number of benzene rings is 2. The molecule has 2 heterocycles. The molecule has 0 saturated carbocycles. The van der Waals surface area contributed by atoms with Crippen LogP contribution in [0.5, 0.6) is 5.75 Å². The summed E-state index contributed by atoms with van der Waals surface area (Å²) in [6, 6.07) is 11.5. The Hall–Kier alpha value is -4.45. The van der Waals surface area contributed by atoms with Gasteiger partial charge in [-0.2, -0.15) is 0 Å². The maximum absolute atomic E-state index is 13.6. The molecule has 0 saturated heterocycles. The van der Waals surface area contributed by atoms with E-state index in [-0.39, 0.29) is 45.3 Å². The van der Waals surface area contributed by atoms with Gasteiger partial charge in [0.1, 0.15) is 17.2 Å². The van der Waals surface area contributed by atoms with Crippen molar-refractivity contribution in [3.8, 4) is 28.3 Å². The number of halogens is 1. The third-order valence-corrected chi connectivity index (χ3v) is 7.13. The highest BCUT2D eigenvalue weighted by Gasteiger charge is 2.27. The van der Waals surface area contributed by atoms with Crippen molar-refractivity contribution in [3.63, 3.8) is 0 Å². The molecule has 0 bridgehead atoms. The van der Waals surface area contributed by atoms with E-state index in [4.69, 9.17) is 13.9 Å². The third-order valence-electron chi connectivity index (χ3n) is 5.94. The van der Waals surface area contributed by atoms with Gasteiger partial charge in [-0.3, -0.25) is 9.10 Å². The van der Waals surface area contributed by atoms with Crippen LogP contribution in [0.4, 0.5) is 10.1 Å². The summed E-state index contributed by atoms with van der Waals surface area (Å²) in [7, 11) is 1.62. The van der Waals surface area contributed by atoms with Crippen molar-refractivity contribution >= 4 is 38.6 Å². The lowest BCUT2D eigenvalue weighted by Crippen LogP contribution is -2.25. The molecule has 2 aromatic heterocycles. The molecule has 0 aliphatic heterocycles. The van der Waals surface area contributed by atoms with Crippen molar-refractivity contribution < 1.29 is 36.3 Å². The number of hydrogen-bond donors (Lipinski definition) is 1. The summed E-state index contributed by atoms with van der Waals surface area (Å²) in [4.78, 5) is 29.8. The van der Waals surface area contributed by atoms with Gasteiger partial charge in [0.15, 0.2) is 11.4 Å². The summed E-state index contributed by atoms with van der Waals surface area (Å²) in [5.74, 6) is -1.36. The number of pyridine rings is 1. The van der Waals surface area contributed by atoms with Gasteiger partial charge in [0.2, 0.25) is 10.0 Å². The highest BCUT2D eigenvalue weighted by molar-refractivity contribution is 7.92. The van der Waals surface area contributed by atoms with Crippen molar-refractivity contribution in [3.05, 3.63) is 65.6 Å². The third kappa shape index (κ3) is 4.77. The lowest BCUT2D eigenvalue weighted by atomic mass is 10.0. The molecule has 0 atom stereocenters. The Kier molecular flexibility index (Phi) is 7.09. The molecule has 0 aliphatic carbocycles. The Labute approximate surface area is 218 Å². The van der Waals surface area contributed by atoms with Gasteiger partial charge in [0.05, 0.1) is 37.4 Å². The highest BCUT2D eigenvalue weighted by Crippen LogP contribution is 2.41. The van der Waals surface area contributed by atoms with Crippen LogP contribution in [0, 0.1) is 5.82 Å². The van der Waals surface area contributed by atoms with Crippen LogP contribution >= 0.6 is 0 Å². The molecule has 0 fully saturated rings. The van der Waals surface area contributed by atoms with Gasteiger partial charge in [-0.15, -0.1) is 0 Å². The lowest BCUT2D eigenvalue weighted by Gasteiger charge is -2.20. The average Bonchev–Trinajstić information content (AvgIpc) is 3.28. The maximum atomic E-state index is 13.6. The normalized spacial score (nSPS) is 11.3. The molecule has 4 rings (SSSR count). The predicted octanol–water partition coefficient (Wildman–Crippen LogP) is 3.85. The quantitative estimate of drug-likeness (QED) is 0.350. The number of carbonyl (C=O) groups excluding carboxylic acids is 2. The van der Waals surface area contributed by atoms with Crippen LogP contribution in [0.2, 0.25) is 0 Å². The maximum Gasteiger partial charge on any atom is 0.360 e. The molecule has 38 heavy (non-hydrogen) atoms. The number of fused-ring (bicyclic) bond motifs is 1. The fourth-order valence-electron chi connectivity index (χ4n) is 3.94. The molecule has 1 amide bonds. The molecule has 4 aromatic rings. The van der Waals surface area contributed by atoms with Gasteiger partial charge >= 0.3 is 5.97 Å². The number of sulfonamides is 1. The fourth-order valence-corrected chi connectivity index (χ4v) is 4.44. The van der Waals surface area contributed by atoms with E-state index in [0.29, 0.717) is 10.9 Å². The van der Waals surface area contributed by atoms with E-state index in [1.165, 1.54) is 64.7 Å². The first-order valence-corrected chi connectivity index (χ1v) is 13.0. The second-order valence-electron chi connectivity index (χ2n) is 8.23. The van der Waals surface area contributed by atoms with Crippen molar-refractivity contribution in [2.75, 3.05) is 38.9 Å². The van der Waals surface area contributed by atoms with E-state index in [9.17, 15) is 22.4 Å². The zero-order chi connectivity index (χ0) is 27.8. The Bertz CT molecular complexity index is 1660. The zero-order valence-electron chi connectivity index (χ0n) is 21.2. The number of aromatic nitrogens is 1. The second-order valence-corrected chi connectivity index (χ2v) is 10.2. The molecule has 10 nitrogen and oxygen atoms in total. The molecule has 198 valence electrons. The first-order chi connectivity index (χ1) is 18.0. The largest absolute Gasteiger partial charge is 0.494 e. The number of ether oxygens (including phenoxy) is 2. The van der Waals surface area contributed by atoms with Gasteiger partial charge in [0.25, 0.3) is 5.91 Å². The average molecular weight is 542 g/mol. The summed E-state index contributed by atoms with van der Waals surface area (Å²) in [6.07, 6.45) is 1.03. The van der Waals surface area contributed by atoms with Crippen LogP contribution in [0.1, 0.15) is 20.8 Å². The monoisotopic (exact) mass is 541 g/mol. The summed E-state index contributed by atoms with van der Waals surface area (Å²) >= 11 is 0. The Balaban J connectivity index is 2.09. The van der Waals surface area contributed by atoms with Crippen LogP contribution in [0.15, 0.2) is 52.9 Å². The minimum absolute atomic E-state index is 0.119. The van der Waals surface area contributed by atoms with Crippen LogP contribution in [-0.4, -0.2) is 59.8 Å². The summed E-state index contributed by atoms with van der Waals surface area (Å²) in [6.45, 7) is 0. The number of esters is 1. The van der Waals surface area contributed by atoms with Gasteiger partial charge in [-0.25, -0.2) is 22.6 Å². The standard InChI is InChI=1S/C26H24FN3O7S/c1-28-25(31)22-17-12-16(18-10-11-20(35-3)23(29-18)26(32)36-4)19(30(2)38(5,33)34)13-21(17)37-24(22)14-6-8-15(27)9-7-14/h6-13H,1-5H3,(H,28,31). The van der Waals surface area contributed by atoms with E-state index in [1.54, 1.807) is 12.1 Å². The molecule has 1 N–H and O–H groups in total.